The largest absolute Gasteiger partial charge is 0.497 e. The van der Waals surface area contributed by atoms with Crippen LogP contribution in [0.2, 0.25) is 0 Å². The number of aromatic nitrogens is 2. The molecule has 0 bridgehead atoms. The zero-order valence-electron chi connectivity index (χ0n) is 15.4. The summed E-state index contributed by atoms with van der Waals surface area (Å²) < 4.78 is 24.0. The van der Waals surface area contributed by atoms with E-state index in [1.54, 1.807) is 20.5 Å². The summed E-state index contributed by atoms with van der Waals surface area (Å²) in [5, 5.41) is 0.906. The molecule has 2 aromatic carbocycles. The fourth-order valence-electron chi connectivity index (χ4n) is 3.45. The van der Waals surface area contributed by atoms with Gasteiger partial charge in [0.05, 0.1) is 19.6 Å². The van der Waals surface area contributed by atoms with Crippen LogP contribution in [0.25, 0.3) is 10.9 Å². The minimum atomic E-state index is -0.215. The smallest absolute Gasteiger partial charge is 0.148 e. The normalized spacial score (nSPS) is 14.5. The zero-order chi connectivity index (χ0) is 18.8. The quantitative estimate of drug-likeness (QED) is 0.705. The molecule has 0 unspecified atom stereocenters. The highest BCUT2D eigenvalue weighted by atomic mass is 19.1. The second-order valence-corrected chi connectivity index (χ2v) is 6.37. The van der Waals surface area contributed by atoms with Crippen LogP contribution in [0, 0.1) is 5.82 Å². The minimum Gasteiger partial charge on any atom is -0.497 e. The predicted octanol–water partition coefficient (Wildman–Crippen LogP) is 3.11. The van der Waals surface area contributed by atoms with Crippen molar-refractivity contribution < 1.29 is 13.9 Å². The zero-order valence-corrected chi connectivity index (χ0v) is 15.4. The van der Waals surface area contributed by atoms with Crippen molar-refractivity contribution in [1.82, 2.24) is 9.97 Å². The van der Waals surface area contributed by atoms with Gasteiger partial charge in [0.2, 0.25) is 0 Å². The van der Waals surface area contributed by atoms with Crippen LogP contribution in [0.4, 0.5) is 15.9 Å². The van der Waals surface area contributed by atoms with Crippen LogP contribution < -0.4 is 19.3 Å². The van der Waals surface area contributed by atoms with Crippen LogP contribution >= 0.6 is 0 Å². The van der Waals surface area contributed by atoms with Gasteiger partial charge in [0.1, 0.15) is 35.0 Å². The van der Waals surface area contributed by atoms with E-state index >= 15 is 0 Å². The van der Waals surface area contributed by atoms with E-state index in [1.807, 2.05) is 24.3 Å². The predicted molar refractivity (Wildman–Crippen MR) is 103 cm³/mol. The number of nitrogens with zero attached hydrogens (tertiary/aromatic N) is 4. The molecule has 3 aromatic rings. The summed E-state index contributed by atoms with van der Waals surface area (Å²) in [5.74, 6) is 2.03. The number of anilines is 2. The molecule has 1 aliphatic heterocycles. The van der Waals surface area contributed by atoms with Gasteiger partial charge in [-0.25, -0.2) is 14.4 Å². The van der Waals surface area contributed by atoms with Crippen molar-refractivity contribution in [3.8, 4) is 11.5 Å². The van der Waals surface area contributed by atoms with Crippen molar-refractivity contribution in [3.63, 3.8) is 0 Å². The Bertz CT molecular complexity index is 941. The van der Waals surface area contributed by atoms with Crippen molar-refractivity contribution in [1.29, 1.82) is 0 Å². The van der Waals surface area contributed by atoms with Crippen LogP contribution in [-0.2, 0) is 0 Å². The van der Waals surface area contributed by atoms with E-state index in [2.05, 4.69) is 19.8 Å². The average molecular weight is 368 g/mol. The molecule has 1 aliphatic rings. The lowest BCUT2D eigenvalue weighted by Crippen LogP contribution is -2.46. The SMILES string of the molecule is COc1cc(OC)c2ncnc(N3CCN(c4ccc(F)cc4)CC3)c2c1. The topological polar surface area (TPSA) is 50.7 Å². The fourth-order valence-corrected chi connectivity index (χ4v) is 3.45. The van der Waals surface area contributed by atoms with Crippen molar-refractivity contribution >= 4 is 22.4 Å². The van der Waals surface area contributed by atoms with Crippen molar-refractivity contribution in [3.05, 3.63) is 48.5 Å². The molecule has 1 aromatic heterocycles. The van der Waals surface area contributed by atoms with Gasteiger partial charge >= 0.3 is 0 Å². The first-order valence-corrected chi connectivity index (χ1v) is 8.82. The van der Waals surface area contributed by atoms with Crippen LogP contribution in [0.15, 0.2) is 42.7 Å². The lowest BCUT2D eigenvalue weighted by molar-refractivity contribution is 0.397. The van der Waals surface area contributed by atoms with Gasteiger partial charge in [-0.1, -0.05) is 0 Å². The number of methoxy groups -OCH3 is 2. The molecular formula is C20H21FN4O2. The number of hydrogen-bond donors (Lipinski definition) is 0. The Morgan fingerprint density at radius 3 is 2.26 bits per heavy atom. The van der Waals surface area contributed by atoms with E-state index in [1.165, 1.54) is 12.1 Å². The van der Waals surface area contributed by atoms with Gasteiger partial charge in [-0.15, -0.1) is 0 Å². The van der Waals surface area contributed by atoms with Gasteiger partial charge < -0.3 is 19.3 Å². The van der Waals surface area contributed by atoms with Gasteiger partial charge in [0.15, 0.2) is 0 Å². The van der Waals surface area contributed by atoms with Crippen LogP contribution in [-0.4, -0.2) is 50.4 Å². The second kappa shape index (κ2) is 7.26. The molecule has 4 rings (SSSR count). The molecule has 0 amide bonds. The van der Waals surface area contributed by atoms with Crippen molar-refractivity contribution in [2.24, 2.45) is 0 Å². The number of halogens is 1. The fraction of sp³-hybridized carbons (Fsp3) is 0.300. The first kappa shape index (κ1) is 17.3. The summed E-state index contributed by atoms with van der Waals surface area (Å²) in [6.45, 7) is 3.28. The highest BCUT2D eigenvalue weighted by Crippen LogP contribution is 2.34. The highest BCUT2D eigenvalue weighted by molar-refractivity contribution is 5.94. The lowest BCUT2D eigenvalue weighted by Gasteiger charge is -2.37. The van der Waals surface area contributed by atoms with E-state index in [-0.39, 0.29) is 5.82 Å². The Labute approximate surface area is 157 Å². The Hall–Kier alpha value is -3.09. The Morgan fingerprint density at radius 2 is 1.59 bits per heavy atom. The van der Waals surface area contributed by atoms with Crippen LogP contribution in [0.1, 0.15) is 0 Å². The molecule has 7 heteroatoms. The number of ether oxygens (including phenoxy) is 2. The maximum Gasteiger partial charge on any atom is 0.148 e. The molecular weight excluding hydrogens is 347 g/mol. The van der Waals surface area contributed by atoms with E-state index in [4.69, 9.17) is 9.47 Å². The molecule has 140 valence electrons. The third kappa shape index (κ3) is 3.32. The maximum absolute atomic E-state index is 13.1. The average Bonchev–Trinajstić information content (AvgIpc) is 2.73. The minimum absolute atomic E-state index is 0.215. The number of benzene rings is 2. The molecule has 0 N–H and O–H groups in total. The van der Waals surface area contributed by atoms with E-state index in [9.17, 15) is 4.39 Å². The van der Waals surface area contributed by atoms with Gasteiger partial charge in [-0.3, -0.25) is 0 Å². The Kier molecular flexibility index (Phi) is 4.66. The van der Waals surface area contributed by atoms with Crippen LogP contribution in [0.5, 0.6) is 11.5 Å². The summed E-state index contributed by atoms with van der Waals surface area (Å²) in [7, 11) is 3.25. The van der Waals surface area contributed by atoms with Gasteiger partial charge in [-0.2, -0.15) is 0 Å². The van der Waals surface area contributed by atoms with Crippen molar-refractivity contribution in [2.45, 2.75) is 0 Å². The summed E-state index contributed by atoms with van der Waals surface area (Å²) >= 11 is 0. The number of rotatable bonds is 4. The van der Waals surface area contributed by atoms with E-state index in [0.29, 0.717) is 11.5 Å². The molecule has 0 atom stereocenters. The van der Waals surface area contributed by atoms with Crippen LogP contribution in [0.3, 0.4) is 0 Å². The Morgan fingerprint density at radius 1 is 0.889 bits per heavy atom. The van der Waals surface area contributed by atoms with Gasteiger partial charge in [-0.05, 0) is 30.3 Å². The molecule has 6 nitrogen and oxygen atoms in total. The number of piperazine rings is 1. The lowest BCUT2D eigenvalue weighted by atomic mass is 10.1. The third-order valence-corrected chi connectivity index (χ3v) is 4.88. The molecule has 0 spiro atoms. The standard InChI is InChI=1S/C20H21FN4O2/c1-26-16-11-17-19(18(12-16)27-2)22-13-23-20(17)25-9-7-24(8-10-25)15-5-3-14(21)4-6-15/h3-6,11-13H,7-10H2,1-2H3. The van der Waals surface area contributed by atoms with Crippen molar-refractivity contribution in [2.75, 3.05) is 50.2 Å². The number of hydrogen-bond acceptors (Lipinski definition) is 6. The van der Waals surface area contributed by atoms with Gasteiger partial charge in [0, 0.05) is 37.9 Å². The molecule has 0 aliphatic carbocycles. The summed E-state index contributed by atoms with van der Waals surface area (Å²) in [5.41, 5.74) is 1.80. The summed E-state index contributed by atoms with van der Waals surface area (Å²) in [4.78, 5) is 13.4. The third-order valence-electron chi connectivity index (χ3n) is 4.88. The summed E-state index contributed by atoms with van der Waals surface area (Å²) in [6.07, 6.45) is 1.57. The summed E-state index contributed by atoms with van der Waals surface area (Å²) in [6, 6.07) is 10.4. The molecule has 1 fully saturated rings. The first-order valence-electron chi connectivity index (χ1n) is 8.82. The highest BCUT2D eigenvalue weighted by Gasteiger charge is 2.21. The van der Waals surface area contributed by atoms with E-state index in [0.717, 1.165) is 48.6 Å². The molecule has 1 saturated heterocycles. The van der Waals surface area contributed by atoms with E-state index < -0.39 is 0 Å². The molecule has 2 heterocycles. The number of fused-ring (bicyclic) bond motifs is 1. The molecule has 0 saturated carbocycles. The monoisotopic (exact) mass is 368 g/mol. The van der Waals surface area contributed by atoms with Gasteiger partial charge in [0.25, 0.3) is 0 Å². The second-order valence-electron chi connectivity index (χ2n) is 6.37. The molecule has 0 radical (unpaired) electrons. The maximum atomic E-state index is 13.1. The Balaban J connectivity index is 1.61. The first-order chi connectivity index (χ1) is 13.2. The molecule has 27 heavy (non-hydrogen) atoms.